The molecule has 1 unspecified atom stereocenters. The molecule has 0 fully saturated rings. The van der Waals surface area contributed by atoms with Crippen LogP contribution in [-0.2, 0) is 13.0 Å². The van der Waals surface area contributed by atoms with Crippen molar-refractivity contribution in [3.8, 4) is 0 Å². The lowest BCUT2D eigenvalue weighted by atomic mass is 9.89. The van der Waals surface area contributed by atoms with E-state index in [4.69, 9.17) is 0 Å². The summed E-state index contributed by atoms with van der Waals surface area (Å²) in [5.74, 6) is 3.64. The molecule has 1 aliphatic rings. The second-order valence-electron chi connectivity index (χ2n) is 4.30. The Labute approximate surface area is 79.2 Å². The lowest BCUT2D eigenvalue weighted by Gasteiger charge is -2.25. The van der Waals surface area contributed by atoms with Gasteiger partial charge in [-0.15, -0.1) is 0 Å². The van der Waals surface area contributed by atoms with Gasteiger partial charge in [-0.3, -0.25) is 0 Å². The van der Waals surface area contributed by atoms with Gasteiger partial charge in [0.2, 0.25) is 0 Å². The van der Waals surface area contributed by atoms with Crippen LogP contribution in [0.1, 0.15) is 31.9 Å². The summed E-state index contributed by atoms with van der Waals surface area (Å²) >= 11 is 0. The summed E-state index contributed by atoms with van der Waals surface area (Å²) in [6.07, 6.45) is 2.37. The molecule has 72 valence electrons. The van der Waals surface area contributed by atoms with Crippen LogP contribution in [0.4, 0.5) is 0 Å². The number of rotatable bonds is 1. The number of aryl methyl sites for hydroxylation is 2. The van der Waals surface area contributed by atoms with E-state index in [-0.39, 0.29) is 0 Å². The number of aromatic nitrogens is 3. The Balaban J connectivity index is 2.19. The van der Waals surface area contributed by atoms with Gasteiger partial charge in [0.25, 0.3) is 0 Å². The summed E-state index contributed by atoms with van der Waals surface area (Å²) in [4.78, 5) is 4.40. The molecular weight excluding hydrogens is 162 g/mol. The highest BCUT2D eigenvalue weighted by molar-refractivity contribution is 4.95. The Morgan fingerprint density at radius 2 is 2.23 bits per heavy atom. The number of hydrogen-bond acceptors (Lipinski definition) is 2. The largest absolute Gasteiger partial charge is 0.250 e. The first-order valence-electron chi connectivity index (χ1n) is 5.07. The predicted molar refractivity (Wildman–Crippen MR) is 51.4 cm³/mol. The quantitative estimate of drug-likeness (QED) is 0.658. The first-order valence-corrected chi connectivity index (χ1v) is 5.07. The molecule has 0 amide bonds. The summed E-state index contributed by atoms with van der Waals surface area (Å²) in [5.41, 5.74) is 0. The first kappa shape index (κ1) is 8.73. The van der Waals surface area contributed by atoms with Crippen molar-refractivity contribution in [3.05, 3.63) is 11.6 Å². The molecule has 0 radical (unpaired) electrons. The molecule has 0 spiro atoms. The van der Waals surface area contributed by atoms with Crippen LogP contribution in [0.5, 0.6) is 0 Å². The van der Waals surface area contributed by atoms with Gasteiger partial charge in [0.15, 0.2) is 0 Å². The molecule has 0 bridgehead atoms. The molecule has 1 aromatic heterocycles. The Morgan fingerprint density at radius 1 is 1.46 bits per heavy atom. The van der Waals surface area contributed by atoms with Crippen molar-refractivity contribution < 1.29 is 0 Å². The van der Waals surface area contributed by atoms with Crippen LogP contribution < -0.4 is 0 Å². The van der Waals surface area contributed by atoms with Crippen LogP contribution in [0.15, 0.2) is 0 Å². The molecule has 0 saturated carbocycles. The topological polar surface area (TPSA) is 30.7 Å². The Hall–Kier alpha value is -0.860. The molecule has 0 saturated heterocycles. The smallest absolute Gasteiger partial charge is 0.147 e. The highest BCUT2D eigenvalue weighted by Crippen LogP contribution is 2.24. The standard InChI is InChI=1S/C10H17N3/c1-7(2)9-4-5-10-11-8(3)12-13(10)6-9/h7,9H,4-6H2,1-3H3. The van der Waals surface area contributed by atoms with E-state index in [0.29, 0.717) is 0 Å². The molecule has 1 aliphatic heterocycles. The molecule has 1 atom stereocenters. The minimum atomic E-state index is 0.762. The maximum Gasteiger partial charge on any atom is 0.147 e. The van der Waals surface area contributed by atoms with E-state index in [9.17, 15) is 0 Å². The van der Waals surface area contributed by atoms with Gasteiger partial charge in [-0.25, -0.2) is 9.67 Å². The maximum atomic E-state index is 4.40. The fourth-order valence-electron chi connectivity index (χ4n) is 2.00. The van der Waals surface area contributed by atoms with Gasteiger partial charge in [0.1, 0.15) is 11.6 Å². The van der Waals surface area contributed by atoms with Gasteiger partial charge >= 0.3 is 0 Å². The van der Waals surface area contributed by atoms with Crippen molar-refractivity contribution in [2.45, 2.75) is 40.2 Å². The SMILES string of the molecule is Cc1nc2n(n1)CC(C(C)C)CC2. The van der Waals surface area contributed by atoms with Crippen molar-refractivity contribution >= 4 is 0 Å². The number of hydrogen-bond donors (Lipinski definition) is 0. The molecular formula is C10H17N3. The maximum absolute atomic E-state index is 4.40. The number of fused-ring (bicyclic) bond motifs is 1. The summed E-state index contributed by atoms with van der Waals surface area (Å²) in [6, 6.07) is 0. The predicted octanol–water partition coefficient (Wildman–Crippen LogP) is 1.80. The zero-order chi connectivity index (χ0) is 9.42. The second-order valence-corrected chi connectivity index (χ2v) is 4.30. The van der Waals surface area contributed by atoms with Gasteiger partial charge in [-0.05, 0) is 25.2 Å². The minimum Gasteiger partial charge on any atom is -0.250 e. The highest BCUT2D eigenvalue weighted by atomic mass is 15.3. The fraction of sp³-hybridized carbons (Fsp3) is 0.800. The van der Waals surface area contributed by atoms with Crippen LogP contribution in [0, 0.1) is 18.8 Å². The monoisotopic (exact) mass is 179 g/mol. The normalized spacial score (nSPS) is 22.0. The van der Waals surface area contributed by atoms with Crippen molar-refractivity contribution in [2.75, 3.05) is 0 Å². The van der Waals surface area contributed by atoms with Gasteiger partial charge in [0.05, 0.1) is 0 Å². The molecule has 2 heterocycles. The van der Waals surface area contributed by atoms with Crippen molar-refractivity contribution in [3.63, 3.8) is 0 Å². The Bertz CT molecular complexity index is 301. The second kappa shape index (κ2) is 3.13. The van der Waals surface area contributed by atoms with E-state index < -0.39 is 0 Å². The molecule has 0 N–H and O–H groups in total. The first-order chi connectivity index (χ1) is 6.16. The fourth-order valence-corrected chi connectivity index (χ4v) is 2.00. The van der Waals surface area contributed by atoms with Crippen LogP contribution in [0.25, 0.3) is 0 Å². The number of nitrogens with zero attached hydrogens (tertiary/aromatic N) is 3. The molecule has 1 aromatic rings. The Kier molecular flexibility index (Phi) is 2.10. The molecule has 3 heteroatoms. The zero-order valence-corrected chi connectivity index (χ0v) is 8.62. The lowest BCUT2D eigenvalue weighted by molar-refractivity contribution is 0.268. The van der Waals surface area contributed by atoms with Crippen LogP contribution in [0.2, 0.25) is 0 Å². The van der Waals surface area contributed by atoms with Gasteiger partial charge in [-0.1, -0.05) is 13.8 Å². The van der Waals surface area contributed by atoms with E-state index in [1.807, 2.05) is 6.92 Å². The molecule has 3 nitrogen and oxygen atoms in total. The third-order valence-corrected chi connectivity index (χ3v) is 2.94. The summed E-state index contributed by atoms with van der Waals surface area (Å²) < 4.78 is 2.09. The van der Waals surface area contributed by atoms with Crippen molar-refractivity contribution in [1.29, 1.82) is 0 Å². The summed E-state index contributed by atoms with van der Waals surface area (Å²) in [7, 11) is 0. The molecule has 13 heavy (non-hydrogen) atoms. The van der Waals surface area contributed by atoms with E-state index >= 15 is 0 Å². The van der Waals surface area contributed by atoms with Crippen molar-refractivity contribution in [1.82, 2.24) is 14.8 Å². The lowest BCUT2D eigenvalue weighted by Crippen LogP contribution is -2.24. The average molecular weight is 179 g/mol. The molecule has 0 aromatic carbocycles. The van der Waals surface area contributed by atoms with E-state index in [1.54, 1.807) is 0 Å². The summed E-state index contributed by atoms with van der Waals surface area (Å²) in [6.45, 7) is 7.61. The molecule has 2 rings (SSSR count). The van der Waals surface area contributed by atoms with Crippen molar-refractivity contribution in [2.24, 2.45) is 11.8 Å². The van der Waals surface area contributed by atoms with E-state index in [2.05, 4.69) is 28.6 Å². The van der Waals surface area contributed by atoms with Gasteiger partial charge < -0.3 is 0 Å². The van der Waals surface area contributed by atoms with Crippen LogP contribution in [-0.4, -0.2) is 14.8 Å². The third-order valence-electron chi connectivity index (χ3n) is 2.94. The third kappa shape index (κ3) is 1.60. The van der Waals surface area contributed by atoms with Crippen LogP contribution >= 0.6 is 0 Å². The van der Waals surface area contributed by atoms with Gasteiger partial charge in [-0.2, -0.15) is 5.10 Å². The average Bonchev–Trinajstić information content (AvgIpc) is 2.42. The minimum absolute atomic E-state index is 0.762. The highest BCUT2D eigenvalue weighted by Gasteiger charge is 2.22. The van der Waals surface area contributed by atoms with Crippen LogP contribution in [0.3, 0.4) is 0 Å². The van der Waals surface area contributed by atoms with E-state index in [1.165, 1.54) is 12.2 Å². The zero-order valence-electron chi connectivity index (χ0n) is 8.62. The van der Waals surface area contributed by atoms with E-state index in [0.717, 1.165) is 30.6 Å². The Morgan fingerprint density at radius 3 is 2.92 bits per heavy atom. The molecule has 0 aliphatic carbocycles. The summed E-state index contributed by atoms with van der Waals surface area (Å²) in [5, 5.41) is 4.39. The van der Waals surface area contributed by atoms with Gasteiger partial charge in [0, 0.05) is 13.0 Å².